The van der Waals surface area contributed by atoms with Crippen molar-refractivity contribution in [3.8, 4) is 0 Å². The molecule has 1 rings (SSSR count). The van der Waals surface area contributed by atoms with Crippen LogP contribution in [0.4, 0.5) is 0 Å². The van der Waals surface area contributed by atoms with Crippen molar-refractivity contribution >= 4 is 0 Å². The van der Waals surface area contributed by atoms with Gasteiger partial charge in [0.25, 0.3) is 0 Å². The molecule has 1 fully saturated rings. The van der Waals surface area contributed by atoms with E-state index in [1.807, 2.05) is 0 Å². The molecule has 0 spiro atoms. The van der Waals surface area contributed by atoms with Crippen LogP contribution in [0.25, 0.3) is 0 Å². The lowest BCUT2D eigenvalue weighted by Gasteiger charge is -2.14. The molecule has 0 aromatic carbocycles. The van der Waals surface area contributed by atoms with Crippen molar-refractivity contribution in [3.05, 3.63) is 0 Å². The Balaban J connectivity index is 2.18. The zero-order valence-electron chi connectivity index (χ0n) is 6.55. The molecule has 0 amide bonds. The van der Waals surface area contributed by atoms with Crippen LogP contribution in [0.5, 0.6) is 0 Å². The first kappa shape index (κ1) is 8.02. The average molecular weight is 144 g/mol. The largest absolute Gasteiger partial charge is 0.393 e. The second kappa shape index (κ2) is 3.94. The summed E-state index contributed by atoms with van der Waals surface area (Å²) in [4.78, 5) is 0. The molecule has 1 aliphatic rings. The van der Waals surface area contributed by atoms with Gasteiger partial charge in [-0.2, -0.15) is 0 Å². The Kier molecular flexibility index (Phi) is 3.16. The van der Waals surface area contributed by atoms with Gasteiger partial charge in [0, 0.05) is 12.5 Å². The van der Waals surface area contributed by atoms with Crippen molar-refractivity contribution in [2.24, 2.45) is 5.92 Å². The van der Waals surface area contributed by atoms with E-state index in [1.165, 1.54) is 0 Å². The third-order valence-electron chi connectivity index (χ3n) is 2.09. The number of rotatable bonds is 3. The van der Waals surface area contributed by atoms with Crippen molar-refractivity contribution in [1.82, 2.24) is 0 Å². The lowest BCUT2D eigenvalue weighted by Crippen LogP contribution is -2.19. The third-order valence-corrected chi connectivity index (χ3v) is 2.09. The second-order valence-electron chi connectivity index (χ2n) is 2.98. The van der Waals surface area contributed by atoms with Crippen LogP contribution in [0.2, 0.25) is 0 Å². The number of aliphatic hydroxyl groups excluding tert-OH is 1. The van der Waals surface area contributed by atoms with Crippen molar-refractivity contribution in [3.63, 3.8) is 0 Å². The Labute approximate surface area is 62.2 Å². The number of hydrogen-bond acceptors (Lipinski definition) is 2. The molecule has 2 heteroatoms. The van der Waals surface area contributed by atoms with Crippen molar-refractivity contribution in [1.29, 1.82) is 0 Å². The van der Waals surface area contributed by atoms with Gasteiger partial charge >= 0.3 is 0 Å². The Hall–Kier alpha value is -0.0800. The summed E-state index contributed by atoms with van der Waals surface area (Å²) in [6.07, 6.45) is 2.92. The van der Waals surface area contributed by atoms with E-state index < -0.39 is 0 Å². The molecule has 2 atom stereocenters. The van der Waals surface area contributed by atoms with Gasteiger partial charge in [-0.1, -0.05) is 13.3 Å². The fourth-order valence-corrected chi connectivity index (χ4v) is 1.39. The Bertz CT molecular complexity index is 87.3. The Morgan fingerprint density at radius 3 is 3.00 bits per heavy atom. The molecule has 1 N–H and O–H groups in total. The van der Waals surface area contributed by atoms with E-state index in [0.29, 0.717) is 5.92 Å². The first-order valence-electron chi connectivity index (χ1n) is 4.10. The smallest absolute Gasteiger partial charge is 0.0591 e. The molecule has 0 aliphatic carbocycles. The molecule has 1 heterocycles. The zero-order chi connectivity index (χ0) is 7.40. The topological polar surface area (TPSA) is 29.5 Å². The van der Waals surface area contributed by atoms with Gasteiger partial charge in [0.05, 0.1) is 12.7 Å². The molecule has 1 aliphatic heterocycles. The van der Waals surface area contributed by atoms with Crippen LogP contribution in [0.3, 0.4) is 0 Å². The molecule has 60 valence electrons. The minimum atomic E-state index is -0.118. The molecule has 10 heavy (non-hydrogen) atoms. The molecule has 2 nitrogen and oxygen atoms in total. The van der Waals surface area contributed by atoms with Crippen LogP contribution in [0, 0.1) is 5.92 Å². The maximum atomic E-state index is 9.47. The molecule has 0 saturated carbocycles. The van der Waals surface area contributed by atoms with Gasteiger partial charge in [-0.15, -0.1) is 0 Å². The Morgan fingerprint density at radius 2 is 2.50 bits per heavy atom. The van der Waals surface area contributed by atoms with Crippen molar-refractivity contribution in [2.45, 2.75) is 32.3 Å². The zero-order valence-corrected chi connectivity index (χ0v) is 6.55. The maximum Gasteiger partial charge on any atom is 0.0591 e. The van der Waals surface area contributed by atoms with Crippen LogP contribution in [0.15, 0.2) is 0 Å². The molecule has 0 aromatic rings. The van der Waals surface area contributed by atoms with Gasteiger partial charge in [0.1, 0.15) is 0 Å². The van der Waals surface area contributed by atoms with Crippen molar-refractivity contribution in [2.75, 3.05) is 13.2 Å². The molecular weight excluding hydrogens is 128 g/mol. The van der Waals surface area contributed by atoms with E-state index in [1.54, 1.807) is 0 Å². The van der Waals surface area contributed by atoms with E-state index in [0.717, 1.165) is 32.5 Å². The fraction of sp³-hybridized carbons (Fsp3) is 1.00. The van der Waals surface area contributed by atoms with E-state index >= 15 is 0 Å². The molecular formula is C8H16O2. The first-order valence-corrected chi connectivity index (χ1v) is 4.10. The highest BCUT2D eigenvalue weighted by atomic mass is 16.5. The summed E-state index contributed by atoms with van der Waals surface area (Å²) in [6.45, 7) is 3.70. The Morgan fingerprint density at radius 1 is 1.70 bits per heavy atom. The van der Waals surface area contributed by atoms with Gasteiger partial charge in [0.2, 0.25) is 0 Å². The van der Waals surface area contributed by atoms with Crippen LogP contribution >= 0.6 is 0 Å². The second-order valence-corrected chi connectivity index (χ2v) is 2.98. The van der Waals surface area contributed by atoms with E-state index in [9.17, 15) is 5.11 Å². The fourth-order valence-electron chi connectivity index (χ4n) is 1.39. The van der Waals surface area contributed by atoms with Gasteiger partial charge in [-0.3, -0.25) is 0 Å². The molecule has 1 saturated heterocycles. The predicted molar refractivity (Wildman–Crippen MR) is 39.8 cm³/mol. The number of hydrogen-bond donors (Lipinski definition) is 1. The molecule has 0 aromatic heterocycles. The van der Waals surface area contributed by atoms with Crippen LogP contribution < -0.4 is 0 Å². The maximum absolute atomic E-state index is 9.47. The van der Waals surface area contributed by atoms with Gasteiger partial charge < -0.3 is 9.84 Å². The minimum absolute atomic E-state index is 0.118. The summed E-state index contributed by atoms with van der Waals surface area (Å²) in [5.41, 5.74) is 0. The number of ether oxygens (including phenoxy) is 1. The molecule has 0 radical (unpaired) electrons. The van der Waals surface area contributed by atoms with Crippen LogP contribution in [-0.4, -0.2) is 24.4 Å². The lowest BCUT2D eigenvalue weighted by molar-refractivity contribution is 0.0842. The standard InChI is InChI=1S/C8H16O2/c1-2-3-8(9)7-4-5-10-6-7/h7-9H,2-6H2,1H3/t7?,8-/m0/s1. The predicted octanol–water partition coefficient (Wildman–Crippen LogP) is 1.18. The summed E-state index contributed by atoms with van der Waals surface area (Å²) < 4.78 is 5.16. The summed E-state index contributed by atoms with van der Waals surface area (Å²) in [6, 6.07) is 0. The van der Waals surface area contributed by atoms with E-state index in [2.05, 4.69) is 6.92 Å². The van der Waals surface area contributed by atoms with Crippen LogP contribution in [0.1, 0.15) is 26.2 Å². The summed E-state index contributed by atoms with van der Waals surface area (Å²) in [5, 5.41) is 9.47. The van der Waals surface area contributed by atoms with Gasteiger partial charge in [-0.25, -0.2) is 0 Å². The summed E-state index contributed by atoms with van der Waals surface area (Å²) >= 11 is 0. The highest BCUT2D eigenvalue weighted by Gasteiger charge is 2.22. The molecule has 0 bridgehead atoms. The van der Waals surface area contributed by atoms with Crippen LogP contribution in [-0.2, 0) is 4.74 Å². The van der Waals surface area contributed by atoms with E-state index in [-0.39, 0.29) is 6.10 Å². The third kappa shape index (κ3) is 1.96. The molecule has 1 unspecified atom stereocenters. The summed E-state index contributed by atoms with van der Waals surface area (Å²) in [7, 11) is 0. The summed E-state index contributed by atoms with van der Waals surface area (Å²) in [5.74, 6) is 0.417. The highest BCUT2D eigenvalue weighted by Crippen LogP contribution is 2.19. The average Bonchev–Trinajstić information content (AvgIpc) is 2.38. The van der Waals surface area contributed by atoms with E-state index in [4.69, 9.17) is 4.74 Å². The van der Waals surface area contributed by atoms with Gasteiger partial charge in [-0.05, 0) is 12.8 Å². The first-order chi connectivity index (χ1) is 4.84. The monoisotopic (exact) mass is 144 g/mol. The van der Waals surface area contributed by atoms with Gasteiger partial charge in [0.15, 0.2) is 0 Å². The lowest BCUT2D eigenvalue weighted by atomic mass is 9.98. The SMILES string of the molecule is CCC[C@H](O)C1CCOC1. The minimum Gasteiger partial charge on any atom is -0.393 e. The van der Waals surface area contributed by atoms with Crippen molar-refractivity contribution < 1.29 is 9.84 Å². The highest BCUT2D eigenvalue weighted by molar-refractivity contribution is 4.71. The number of aliphatic hydroxyl groups is 1. The normalized spacial score (nSPS) is 28.8. The quantitative estimate of drug-likeness (QED) is 0.644.